The van der Waals surface area contributed by atoms with Gasteiger partial charge in [0.15, 0.2) is 11.5 Å². The van der Waals surface area contributed by atoms with E-state index in [1.165, 1.54) is 14.0 Å². The average Bonchev–Trinajstić information content (AvgIpc) is 2.36. The van der Waals surface area contributed by atoms with E-state index in [0.717, 1.165) is 0 Å². The fourth-order valence-corrected chi connectivity index (χ4v) is 1.30. The quantitative estimate of drug-likeness (QED) is 0.780. The third-order valence-electron chi connectivity index (χ3n) is 2.08. The van der Waals surface area contributed by atoms with E-state index >= 15 is 0 Å². The van der Waals surface area contributed by atoms with Crippen LogP contribution in [0.4, 0.5) is 0 Å². The molecule has 6 heteroatoms. The summed E-state index contributed by atoms with van der Waals surface area (Å²) in [6.45, 7) is 3.67. The van der Waals surface area contributed by atoms with Crippen molar-refractivity contribution in [1.29, 1.82) is 0 Å². The molecule has 0 atom stereocenters. The first-order valence-electron chi connectivity index (χ1n) is 5.46. The van der Waals surface area contributed by atoms with Crippen LogP contribution in [0, 0.1) is 0 Å². The molecule has 0 spiro atoms. The van der Waals surface area contributed by atoms with Gasteiger partial charge >= 0.3 is 0 Å². The molecule has 0 aliphatic heterocycles. The first-order chi connectivity index (χ1) is 8.58. The predicted octanol–water partition coefficient (Wildman–Crippen LogP) is 0.875. The third-order valence-corrected chi connectivity index (χ3v) is 2.08. The molecule has 2 N–H and O–H groups in total. The van der Waals surface area contributed by atoms with E-state index in [0.29, 0.717) is 23.7 Å². The Morgan fingerprint density at radius 1 is 1.22 bits per heavy atom. The van der Waals surface area contributed by atoms with Crippen molar-refractivity contribution in [2.24, 2.45) is 0 Å². The number of hydrogen-bond donors (Lipinski definition) is 2. The molecule has 0 fully saturated rings. The largest absolute Gasteiger partial charge is 0.493 e. The lowest BCUT2D eigenvalue weighted by Crippen LogP contribution is -2.40. The normalized spacial score (nSPS) is 9.50. The summed E-state index contributed by atoms with van der Waals surface area (Å²) in [6, 6.07) is 4.78. The number of ether oxygens (including phenoxy) is 2. The standard InChI is InChI=1S/C12H16N2O4/c1-4-18-10-6-5-9(7-11(10)17-3)12(16)14-13-8(2)15/h5-7H,4H2,1-3H3,(H,13,15)(H,14,16). The Labute approximate surface area is 105 Å². The molecular weight excluding hydrogens is 236 g/mol. The Morgan fingerprint density at radius 3 is 2.50 bits per heavy atom. The summed E-state index contributed by atoms with van der Waals surface area (Å²) < 4.78 is 10.5. The SMILES string of the molecule is CCOc1ccc(C(=O)NNC(C)=O)cc1OC. The molecule has 0 saturated heterocycles. The van der Waals surface area contributed by atoms with E-state index in [-0.39, 0.29) is 5.91 Å². The molecule has 18 heavy (non-hydrogen) atoms. The minimum Gasteiger partial charge on any atom is -0.493 e. The molecule has 0 aliphatic carbocycles. The summed E-state index contributed by atoms with van der Waals surface area (Å²) in [5.74, 6) is 0.260. The zero-order chi connectivity index (χ0) is 13.5. The highest BCUT2D eigenvalue weighted by Gasteiger charge is 2.10. The maximum atomic E-state index is 11.7. The zero-order valence-electron chi connectivity index (χ0n) is 10.6. The first kappa shape index (κ1) is 13.8. The molecule has 6 nitrogen and oxygen atoms in total. The van der Waals surface area contributed by atoms with Crippen molar-refractivity contribution in [2.75, 3.05) is 13.7 Å². The monoisotopic (exact) mass is 252 g/mol. The third kappa shape index (κ3) is 3.65. The second-order valence-electron chi connectivity index (χ2n) is 3.43. The molecule has 0 radical (unpaired) electrons. The molecule has 0 heterocycles. The molecule has 0 unspecified atom stereocenters. The van der Waals surface area contributed by atoms with Gasteiger partial charge in [-0.25, -0.2) is 0 Å². The maximum absolute atomic E-state index is 11.7. The van der Waals surface area contributed by atoms with E-state index in [1.807, 2.05) is 6.92 Å². The highest BCUT2D eigenvalue weighted by atomic mass is 16.5. The predicted molar refractivity (Wildman–Crippen MR) is 65.4 cm³/mol. The Bertz CT molecular complexity index is 446. The maximum Gasteiger partial charge on any atom is 0.269 e. The molecule has 98 valence electrons. The Balaban J connectivity index is 2.84. The van der Waals surface area contributed by atoms with Crippen molar-refractivity contribution in [2.45, 2.75) is 13.8 Å². The molecule has 0 saturated carbocycles. The van der Waals surface area contributed by atoms with Crippen LogP contribution in [0.5, 0.6) is 11.5 Å². The molecule has 2 amide bonds. The van der Waals surface area contributed by atoms with Crippen molar-refractivity contribution >= 4 is 11.8 Å². The molecule has 1 rings (SSSR count). The first-order valence-corrected chi connectivity index (χ1v) is 5.46. The van der Waals surface area contributed by atoms with Crippen LogP contribution in [0.3, 0.4) is 0 Å². The number of hydrazine groups is 1. The summed E-state index contributed by atoms with van der Waals surface area (Å²) >= 11 is 0. The molecular formula is C12H16N2O4. The average molecular weight is 252 g/mol. The molecule has 0 aliphatic rings. The van der Waals surface area contributed by atoms with Crippen molar-refractivity contribution in [1.82, 2.24) is 10.9 Å². The van der Waals surface area contributed by atoms with Crippen LogP contribution in [0.2, 0.25) is 0 Å². The number of benzene rings is 1. The van der Waals surface area contributed by atoms with Crippen molar-refractivity contribution < 1.29 is 19.1 Å². The van der Waals surface area contributed by atoms with E-state index in [9.17, 15) is 9.59 Å². The Kier molecular flexibility index (Phi) is 4.98. The van der Waals surface area contributed by atoms with E-state index in [4.69, 9.17) is 9.47 Å². The van der Waals surface area contributed by atoms with Gasteiger partial charge in [0.2, 0.25) is 5.91 Å². The highest BCUT2D eigenvalue weighted by molar-refractivity contribution is 5.95. The Morgan fingerprint density at radius 2 is 1.94 bits per heavy atom. The summed E-state index contributed by atoms with van der Waals surface area (Å²) in [6.07, 6.45) is 0. The number of methoxy groups -OCH3 is 1. The second kappa shape index (κ2) is 6.48. The van der Waals surface area contributed by atoms with Gasteiger partial charge in [-0.1, -0.05) is 0 Å². The van der Waals surface area contributed by atoms with E-state index in [2.05, 4.69) is 10.9 Å². The lowest BCUT2D eigenvalue weighted by atomic mass is 10.2. The summed E-state index contributed by atoms with van der Waals surface area (Å²) in [5, 5.41) is 0. The fraction of sp³-hybridized carbons (Fsp3) is 0.333. The highest BCUT2D eigenvalue weighted by Crippen LogP contribution is 2.27. The lowest BCUT2D eigenvalue weighted by molar-refractivity contribution is -0.119. The Hall–Kier alpha value is -2.24. The van der Waals surface area contributed by atoms with Crippen LogP contribution in [-0.4, -0.2) is 25.5 Å². The van der Waals surface area contributed by atoms with Crippen LogP contribution in [0.25, 0.3) is 0 Å². The van der Waals surface area contributed by atoms with Gasteiger partial charge in [0, 0.05) is 12.5 Å². The van der Waals surface area contributed by atoms with Gasteiger partial charge in [0.25, 0.3) is 5.91 Å². The van der Waals surface area contributed by atoms with Crippen LogP contribution in [0.15, 0.2) is 18.2 Å². The van der Waals surface area contributed by atoms with Crippen LogP contribution in [-0.2, 0) is 4.79 Å². The summed E-state index contributed by atoms with van der Waals surface area (Å²) in [7, 11) is 1.49. The van der Waals surface area contributed by atoms with Gasteiger partial charge < -0.3 is 9.47 Å². The molecule has 1 aromatic rings. The number of carbonyl (C=O) groups excluding carboxylic acids is 2. The number of amides is 2. The fourth-order valence-electron chi connectivity index (χ4n) is 1.30. The number of carbonyl (C=O) groups is 2. The molecule has 0 bridgehead atoms. The second-order valence-corrected chi connectivity index (χ2v) is 3.43. The van der Waals surface area contributed by atoms with Gasteiger partial charge in [-0.3, -0.25) is 20.4 Å². The van der Waals surface area contributed by atoms with Gasteiger partial charge in [0.05, 0.1) is 13.7 Å². The topological polar surface area (TPSA) is 76.7 Å². The smallest absolute Gasteiger partial charge is 0.269 e. The van der Waals surface area contributed by atoms with E-state index in [1.54, 1.807) is 18.2 Å². The number of hydrogen-bond acceptors (Lipinski definition) is 4. The molecule has 0 aromatic heterocycles. The van der Waals surface area contributed by atoms with E-state index < -0.39 is 5.91 Å². The minimum absolute atomic E-state index is 0.346. The van der Waals surface area contributed by atoms with Crippen LogP contribution < -0.4 is 20.3 Å². The van der Waals surface area contributed by atoms with Gasteiger partial charge in [-0.05, 0) is 25.1 Å². The summed E-state index contributed by atoms with van der Waals surface area (Å²) in [4.78, 5) is 22.3. The van der Waals surface area contributed by atoms with Crippen molar-refractivity contribution in [3.63, 3.8) is 0 Å². The lowest BCUT2D eigenvalue weighted by Gasteiger charge is -2.11. The zero-order valence-corrected chi connectivity index (χ0v) is 10.6. The van der Waals surface area contributed by atoms with Gasteiger partial charge in [-0.2, -0.15) is 0 Å². The van der Waals surface area contributed by atoms with Gasteiger partial charge in [0.1, 0.15) is 0 Å². The summed E-state index contributed by atoms with van der Waals surface area (Å²) in [5.41, 5.74) is 4.84. The number of nitrogens with one attached hydrogen (secondary N) is 2. The van der Waals surface area contributed by atoms with Crippen LogP contribution in [0.1, 0.15) is 24.2 Å². The van der Waals surface area contributed by atoms with Gasteiger partial charge in [-0.15, -0.1) is 0 Å². The van der Waals surface area contributed by atoms with Crippen molar-refractivity contribution in [3.05, 3.63) is 23.8 Å². The minimum atomic E-state index is -0.424. The molecule has 1 aromatic carbocycles. The van der Waals surface area contributed by atoms with Crippen molar-refractivity contribution in [3.8, 4) is 11.5 Å². The number of rotatable bonds is 4. The van der Waals surface area contributed by atoms with Crippen LogP contribution >= 0.6 is 0 Å².